The van der Waals surface area contributed by atoms with Crippen LogP contribution in [0.5, 0.6) is 0 Å². The lowest BCUT2D eigenvalue weighted by Gasteiger charge is -2.33. The molecule has 9 aromatic carbocycles. The number of thiophene rings is 1. The summed E-state index contributed by atoms with van der Waals surface area (Å²) in [4.78, 5) is 10.5. The topological polar surface area (TPSA) is 25.8 Å². The molecule has 0 fully saturated rings. The van der Waals surface area contributed by atoms with Gasteiger partial charge in [0.1, 0.15) is 0 Å². The fourth-order valence-corrected chi connectivity index (χ4v) is 11.0. The van der Waals surface area contributed by atoms with E-state index < -0.39 is 5.41 Å². The Morgan fingerprint density at radius 3 is 1.61 bits per heavy atom. The Bertz CT molecular complexity index is 3400. The zero-order valence-corrected chi connectivity index (χ0v) is 34.6. The number of hydrogen-bond acceptors (Lipinski definition) is 3. The molecule has 2 heterocycles. The summed E-state index contributed by atoms with van der Waals surface area (Å²) in [7, 11) is 0. The van der Waals surface area contributed by atoms with Gasteiger partial charge in [-0.05, 0) is 79.9 Å². The largest absolute Gasteiger partial charge is 0.228 e. The van der Waals surface area contributed by atoms with E-state index in [1.54, 1.807) is 0 Å². The Balaban J connectivity index is 0.962. The van der Waals surface area contributed by atoms with Gasteiger partial charge in [0, 0.05) is 36.9 Å². The van der Waals surface area contributed by atoms with Crippen LogP contribution in [-0.4, -0.2) is 9.97 Å². The number of benzene rings is 9. The number of aromatic nitrogens is 2. The lowest BCUT2D eigenvalue weighted by Crippen LogP contribution is -2.28. The fraction of sp³-hybridized carbons (Fsp3) is 0.0169. The average molecular weight is 807 g/mol. The van der Waals surface area contributed by atoms with Crippen molar-refractivity contribution in [1.29, 1.82) is 0 Å². The third kappa shape index (κ3) is 5.85. The molecule has 0 radical (unpaired) electrons. The van der Waals surface area contributed by atoms with Crippen molar-refractivity contribution < 1.29 is 0 Å². The van der Waals surface area contributed by atoms with Gasteiger partial charge in [0.05, 0.1) is 16.8 Å². The van der Waals surface area contributed by atoms with Crippen LogP contribution in [0.4, 0.5) is 0 Å². The predicted molar refractivity (Wildman–Crippen MR) is 259 cm³/mol. The lowest BCUT2D eigenvalue weighted by molar-refractivity contribution is 0.768. The van der Waals surface area contributed by atoms with Crippen LogP contribution in [0.2, 0.25) is 0 Å². The normalized spacial score (nSPS) is 12.6. The van der Waals surface area contributed by atoms with Gasteiger partial charge in [-0.15, -0.1) is 11.3 Å². The van der Waals surface area contributed by atoms with Gasteiger partial charge in [0.15, 0.2) is 5.82 Å². The van der Waals surface area contributed by atoms with E-state index in [1.165, 1.54) is 64.7 Å². The molecule has 2 aromatic heterocycles. The molecule has 0 saturated carbocycles. The predicted octanol–water partition coefficient (Wildman–Crippen LogP) is 15.5. The molecule has 1 aliphatic rings. The maximum atomic E-state index is 5.28. The third-order valence-corrected chi connectivity index (χ3v) is 13.8. The minimum Gasteiger partial charge on any atom is -0.228 e. The summed E-state index contributed by atoms with van der Waals surface area (Å²) in [5.41, 5.74) is 16.7. The van der Waals surface area contributed by atoms with Crippen LogP contribution in [0.1, 0.15) is 22.3 Å². The van der Waals surface area contributed by atoms with Crippen LogP contribution in [0.3, 0.4) is 0 Å². The summed E-state index contributed by atoms with van der Waals surface area (Å²) in [5.74, 6) is 0.701. The van der Waals surface area contributed by atoms with E-state index in [0.29, 0.717) is 5.82 Å². The highest BCUT2D eigenvalue weighted by molar-refractivity contribution is 7.26. The molecule has 290 valence electrons. The van der Waals surface area contributed by atoms with Crippen LogP contribution < -0.4 is 0 Å². The lowest BCUT2D eigenvalue weighted by atomic mass is 9.67. The van der Waals surface area contributed by atoms with Crippen molar-refractivity contribution in [3.63, 3.8) is 0 Å². The molecule has 3 heteroatoms. The van der Waals surface area contributed by atoms with Crippen LogP contribution in [0.25, 0.3) is 87.5 Å². The van der Waals surface area contributed by atoms with E-state index in [4.69, 9.17) is 9.97 Å². The summed E-state index contributed by atoms with van der Waals surface area (Å²) in [6.07, 6.45) is 0. The van der Waals surface area contributed by atoms with E-state index in [9.17, 15) is 0 Å². The zero-order chi connectivity index (χ0) is 41.0. The van der Waals surface area contributed by atoms with E-state index in [1.807, 2.05) is 17.4 Å². The molecule has 11 aromatic rings. The number of hydrogen-bond donors (Lipinski definition) is 0. The quantitative estimate of drug-likeness (QED) is 0.160. The van der Waals surface area contributed by atoms with E-state index in [-0.39, 0.29) is 0 Å². The van der Waals surface area contributed by atoms with Gasteiger partial charge in [0.2, 0.25) is 0 Å². The van der Waals surface area contributed by atoms with Gasteiger partial charge in [0.25, 0.3) is 0 Å². The van der Waals surface area contributed by atoms with Gasteiger partial charge in [-0.1, -0.05) is 206 Å². The molecule has 0 N–H and O–H groups in total. The second kappa shape index (κ2) is 14.8. The Morgan fingerprint density at radius 1 is 0.323 bits per heavy atom. The van der Waals surface area contributed by atoms with E-state index >= 15 is 0 Å². The minimum atomic E-state index is -0.455. The summed E-state index contributed by atoms with van der Waals surface area (Å²) in [6.45, 7) is 0. The molecule has 0 spiro atoms. The van der Waals surface area contributed by atoms with Crippen molar-refractivity contribution >= 4 is 31.5 Å². The highest BCUT2D eigenvalue weighted by Crippen LogP contribution is 2.56. The van der Waals surface area contributed by atoms with Crippen molar-refractivity contribution in [2.75, 3.05) is 0 Å². The van der Waals surface area contributed by atoms with E-state index in [2.05, 4.69) is 224 Å². The van der Waals surface area contributed by atoms with Crippen molar-refractivity contribution in [2.24, 2.45) is 0 Å². The first-order valence-electron chi connectivity index (χ1n) is 21.1. The van der Waals surface area contributed by atoms with Crippen LogP contribution in [0, 0.1) is 0 Å². The third-order valence-electron chi connectivity index (χ3n) is 12.6. The van der Waals surface area contributed by atoms with Crippen molar-refractivity contribution in [3.8, 4) is 67.3 Å². The summed E-state index contributed by atoms with van der Waals surface area (Å²) >= 11 is 1.87. The SMILES string of the molecule is c1ccc(-c2nc(-c3cccc(-c4ccc(-c5cccc6c5sc5ccccc56)cc4)c3)cc(-c3ccc4c(c3)-c3ccccc3C4(c3ccccc3)c3ccccc3)n2)cc1. The maximum absolute atomic E-state index is 5.28. The number of nitrogens with zero attached hydrogens (tertiary/aromatic N) is 2. The van der Waals surface area contributed by atoms with Crippen molar-refractivity contribution in [1.82, 2.24) is 9.97 Å². The molecule has 62 heavy (non-hydrogen) atoms. The Morgan fingerprint density at radius 2 is 0.855 bits per heavy atom. The van der Waals surface area contributed by atoms with Crippen molar-refractivity contribution in [2.45, 2.75) is 5.41 Å². The standard InChI is InChI=1S/C59H38N2S/c1-4-16-41(17-5-1)58-60-54(43-19-14-18-42(36-43)39-30-32-40(33-31-39)47-26-15-27-50-49-25-11-13-29-56(49)62-57(47)50)38-55(61-58)44-34-35-53-51(37-44)48-24-10-12-28-52(48)59(53,45-20-6-2-7-21-45)46-22-8-3-9-23-46/h1-38H. The molecular formula is C59H38N2S. The Hall–Kier alpha value is -7.72. The molecule has 0 amide bonds. The number of fused-ring (bicyclic) bond motifs is 6. The number of rotatable bonds is 7. The summed E-state index contributed by atoms with van der Waals surface area (Å²) in [5, 5.41) is 2.64. The molecule has 12 rings (SSSR count). The highest BCUT2D eigenvalue weighted by atomic mass is 32.1. The molecule has 1 aliphatic carbocycles. The first-order valence-corrected chi connectivity index (χ1v) is 22.0. The van der Waals surface area contributed by atoms with Gasteiger partial charge in [-0.25, -0.2) is 9.97 Å². The van der Waals surface area contributed by atoms with Crippen LogP contribution in [-0.2, 0) is 5.41 Å². The molecule has 0 bridgehead atoms. The van der Waals surface area contributed by atoms with Gasteiger partial charge in [-0.2, -0.15) is 0 Å². The van der Waals surface area contributed by atoms with Crippen LogP contribution >= 0.6 is 11.3 Å². The highest BCUT2D eigenvalue weighted by Gasteiger charge is 2.46. The fourth-order valence-electron chi connectivity index (χ4n) is 9.74. The maximum Gasteiger partial charge on any atom is 0.160 e. The Kier molecular flexibility index (Phi) is 8.62. The first-order chi connectivity index (χ1) is 30.7. The average Bonchev–Trinajstić information content (AvgIpc) is 3.89. The van der Waals surface area contributed by atoms with Gasteiger partial charge < -0.3 is 0 Å². The monoisotopic (exact) mass is 806 g/mol. The minimum absolute atomic E-state index is 0.455. The molecule has 0 aliphatic heterocycles. The van der Waals surface area contributed by atoms with Gasteiger partial charge in [-0.3, -0.25) is 0 Å². The van der Waals surface area contributed by atoms with Crippen molar-refractivity contribution in [3.05, 3.63) is 253 Å². The Labute approximate surface area is 365 Å². The van der Waals surface area contributed by atoms with Crippen LogP contribution in [0.15, 0.2) is 231 Å². The molecular weight excluding hydrogens is 769 g/mol. The smallest absolute Gasteiger partial charge is 0.160 e. The molecule has 0 unspecified atom stereocenters. The van der Waals surface area contributed by atoms with E-state index in [0.717, 1.165) is 39.2 Å². The second-order valence-corrected chi connectivity index (χ2v) is 17.1. The molecule has 0 saturated heterocycles. The zero-order valence-electron chi connectivity index (χ0n) is 33.7. The summed E-state index contributed by atoms with van der Waals surface area (Å²) < 4.78 is 2.65. The van der Waals surface area contributed by atoms with Gasteiger partial charge >= 0.3 is 0 Å². The summed E-state index contributed by atoms with van der Waals surface area (Å²) in [6, 6.07) is 83.3. The molecule has 0 atom stereocenters. The second-order valence-electron chi connectivity index (χ2n) is 16.1. The first kappa shape index (κ1) is 36.2. The molecule has 2 nitrogen and oxygen atoms in total.